The maximum Gasteiger partial charge on any atom is 0.326 e. The molecule has 2 fully saturated rings. The summed E-state index contributed by atoms with van der Waals surface area (Å²) in [4.78, 5) is 41.7. The molecule has 2 saturated heterocycles. The molecule has 0 saturated carbocycles. The van der Waals surface area contributed by atoms with Gasteiger partial charge in [-0.2, -0.15) is 0 Å². The summed E-state index contributed by atoms with van der Waals surface area (Å²) >= 11 is 0. The largest absolute Gasteiger partial charge is 0.469 e. The number of benzene rings is 2. The Balaban J connectivity index is 1.54. The van der Waals surface area contributed by atoms with E-state index in [1.807, 2.05) is 65.6 Å². The van der Waals surface area contributed by atoms with Crippen molar-refractivity contribution < 1.29 is 19.1 Å². The van der Waals surface area contributed by atoms with Gasteiger partial charge in [-0.3, -0.25) is 14.5 Å². The predicted octanol–water partition coefficient (Wildman–Crippen LogP) is 2.52. The predicted molar refractivity (Wildman–Crippen MR) is 115 cm³/mol. The summed E-state index contributed by atoms with van der Waals surface area (Å²) in [5, 5.41) is 2.99. The summed E-state index contributed by atoms with van der Waals surface area (Å²) < 4.78 is 4.84. The van der Waals surface area contributed by atoms with Crippen molar-refractivity contribution >= 4 is 17.9 Å². The van der Waals surface area contributed by atoms with Crippen molar-refractivity contribution in [3.05, 3.63) is 71.8 Å². The van der Waals surface area contributed by atoms with Crippen molar-refractivity contribution in [2.75, 3.05) is 26.9 Å². The van der Waals surface area contributed by atoms with E-state index in [9.17, 15) is 14.4 Å². The lowest BCUT2D eigenvalue weighted by molar-refractivity contribution is -0.147. The fraction of sp³-hybridized carbons (Fsp3) is 0.375. The summed E-state index contributed by atoms with van der Waals surface area (Å²) in [6.07, 6.45) is 1.69. The number of nitrogens with one attached hydrogen (secondary N) is 1. The van der Waals surface area contributed by atoms with E-state index in [1.165, 1.54) is 12.0 Å². The van der Waals surface area contributed by atoms with Gasteiger partial charge in [0.2, 0.25) is 0 Å². The van der Waals surface area contributed by atoms with Gasteiger partial charge in [-0.25, -0.2) is 9.69 Å². The van der Waals surface area contributed by atoms with Gasteiger partial charge < -0.3 is 10.1 Å². The zero-order valence-electron chi connectivity index (χ0n) is 17.6. The first-order chi connectivity index (χ1) is 15.0. The van der Waals surface area contributed by atoms with E-state index < -0.39 is 5.54 Å². The van der Waals surface area contributed by atoms with Crippen LogP contribution in [0.4, 0.5) is 4.79 Å². The lowest BCUT2D eigenvalue weighted by Crippen LogP contribution is -2.48. The maximum absolute atomic E-state index is 13.7. The van der Waals surface area contributed by atoms with E-state index in [-0.39, 0.29) is 30.5 Å². The number of hydrogen-bond donors (Lipinski definition) is 1. The molecule has 0 aromatic heterocycles. The van der Waals surface area contributed by atoms with Gasteiger partial charge in [-0.05, 0) is 24.0 Å². The topological polar surface area (TPSA) is 79.0 Å². The number of rotatable bonds is 6. The van der Waals surface area contributed by atoms with Crippen molar-refractivity contribution in [1.82, 2.24) is 15.1 Å². The first-order valence-corrected chi connectivity index (χ1v) is 10.6. The highest BCUT2D eigenvalue weighted by Gasteiger charge is 2.52. The Morgan fingerprint density at radius 3 is 2.26 bits per heavy atom. The number of hydrogen-bond acceptors (Lipinski definition) is 5. The zero-order valence-corrected chi connectivity index (χ0v) is 17.6. The van der Waals surface area contributed by atoms with E-state index >= 15 is 0 Å². The molecule has 0 aliphatic carbocycles. The first-order valence-electron chi connectivity index (χ1n) is 10.6. The Labute approximate surface area is 182 Å². The molecule has 2 heterocycles. The number of imide groups is 1. The molecular formula is C24H27N3O4. The second kappa shape index (κ2) is 8.89. The van der Waals surface area contributed by atoms with Gasteiger partial charge in [0, 0.05) is 19.5 Å². The minimum Gasteiger partial charge on any atom is -0.469 e. The molecule has 3 amide bonds. The SMILES string of the molecule is COC(=O)C1CCN(CN2C(=O)N[C@@](Cc3ccccc3)(c3ccccc3)C2=O)CC1. The molecule has 1 N–H and O–H groups in total. The summed E-state index contributed by atoms with van der Waals surface area (Å²) in [5.74, 6) is -0.561. The highest BCUT2D eigenvalue weighted by Crippen LogP contribution is 2.33. The number of likely N-dealkylation sites (tertiary alicyclic amines) is 1. The number of piperidine rings is 1. The second-order valence-electron chi connectivity index (χ2n) is 8.15. The maximum atomic E-state index is 13.7. The van der Waals surface area contributed by atoms with Crippen LogP contribution < -0.4 is 5.32 Å². The Morgan fingerprint density at radius 1 is 1.03 bits per heavy atom. The molecule has 31 heavy (non-hydrogen) atoms. The monoisotopic (exact) mass is 421 g/mol. The normalized spacial score (nSPS) is 22.4. The van der Waals surface area contributed by atoms with Gasteiger partial charge in [-0.15, -0.1) is 0 Å². The van der Waals surface area contributed by atoms with Gasteiger partial charge in [0.25, 0.3) is 5.91 Å². The minimum absolute atomic E-state index is 0.120. The third kappa shape index (κ3) is 4.18. The Bertz CT molecular complexity index is 942. The van der Waals surface area contributed by atoms with Crippen LogP contribution in [-0.4, -0.2) is 54.6 Å². The molecule has 0 radical (unpaired) electrons. The van der Waals surface area contributed by atoms with Gasteiger partial charge in [-0.1, -0.05) is 60.7 Å². The van der Waals surface area contributed by atoms with E-state index in [4.69, 9.17) is 4.74 Å². The van der Waals surface area contributed by atoms with Gasteiger partial charge in [0.1, 0.15) is 0 Å². The number of amides is 3. The van der Waals surface area contributed by atoms with Crippen LogP contribution in [-0.2, 0) is 26.3 Å². The number of esters is 1. The number of ether oxygens (including phenoxy) is 1. The van der Waals surface area contributed by atoms with Gasteiger partial charge in [0.15, 0.2) is 5.54 Å². The number of methoxy groups -OCH3 is 1. The number of urea groups is 1. The Hall–Kier alpha value is -3.19. The molecule has 2 aliphatic rings. The number of carbonyl (C=O) groups is 3. The lowest BCUT2D eigenvalue weighted by Gasteiger charge is -2.33. The summed E-state index contributed by atoms with van der Waals surface area (Å²) in [7, 11) is 1.40. The average Bonchev–Trinajstić information content (AvgIpc) is 3.05. The van der Waals surface area contributed by atoms with Crippen molar-refractivity contribution in [2.24, 2.45) is 5.92 Å². The minimum atomic E-state index is -1.13. The summed E-state index contributed by atoms with van der Waals surface area (Å²) in [6, 6.07) is 18.7. The van der Waals surface area contributed by atoms with E-state index in [0.717, 1.165) is 11.1 Å². The average molecular weight is 421 g/mol. The lowest BCUT2D eigenvalue weighted by atomic mass is 9.83. The van der Waals surface area contributed by atoms with Crippen molar-refractivity contribution in [1.29, 1.82) is 0 Å². The second-order valence-corrected chi connectivity index (χ2v) is 8.15. The van der Waals surface area contributed by atoms with Crippen LogP contribution in [0.2, 0.25) is 0 Å². The Kier molecular flexibility index (Phi) is 6.04. The molecule has 0 bridgehead atoms. The van der Waals surface area contributed by atoms with Crippen LogP contribution >= 0.6 is 0 Å². The van der Waals surface area contributed by atoms with Crippen LogP contribution in [0.15, 0.2) is 60.7 Å². The summed E-state index contributed by atoms with van der Waals surface area (Å²) in [5.41, 5.74) is 0.606. The molecule has 2 aromatic rings. The molecule has 7 heteroatoms. The van der Waals surface area contributed by atoms with Crippen molar-refractivity contribution in [2.45, 2.75) is 24.8 Å². The van der Waals surface area contributed by atoms with Crippen LogP contribution in [0.5, 0.6) is 0 Å². The molecular weight excluding hydrogens is 394 g/mol. The zero-order chi connectivity index (χ0) is 21.8. The molecule has 7 nitrogen and oxygen atoms in total. The van der Waals surface area contributed by atoms with Crippen molar-refractivity contribution in [3.63, 3.8) is 0 Å². The van der Waals surface area contributed by atoms with Crippen molar-refractivity contribution in [3.8, 4) is 0 Å². The fourth-order valence-corrected chi connectivity index (χ4v) is 4.47. The van der Waals surface area contributed by atoms with Gasteiger partial charge >= 0.3 is 12.0 Å². The number of carbonyl (C=O) groups excluding carboxylic acids is 3. The highest BCUT2D eigenvalue weighted by atomic mass is 16.5. The molecule has 1 atom stereocenters. The highest BCUT2D eigenvalue weighted by molar-refractivity contribution is 6.07. The standard InChI is InChI=1S/C24H27N3O4/c1-31-21(28)19-12-14-26(15-13-19)17-27-22(29)24(25-23(27)30,20-10-6-3-7-11-20)16-18-8-4-2-5-9-18/h2-11,19H,12-17H2,1H3,(H,25,30)/t24-/m0/s1. The Morgan fingerprint density at radius 2 is 1.65 bits per heavy atom. The van der Waals surface area contributed by atoms with Crippen LogP contribution in [0, 0.1) is 5.92 Å². The molecule has 2 aromatic carbocycles. The van der Waals surface area contributed by atoms with E-state index in [0.29, 0.717) is 32.4 Å². The van der Waals surface area contributed by atoms with Gasteiger partial charge in [0.05, 0.1) is 19.7 Å². The van der Waals surface area contributed by atoms with Crippen LogP contribution in [0.3, 0.4) is 0 Å². The molecule has 4 rings (SSSR count). The molecule has 2 aliphatic heterocycles. The third-order valence-corrected chi connectivity index (χ3v) is 6.22. The first kappa shape index (κ1) is 21.1. The third-order valence-electron chi connectivity index (χ3n) is 6.22. The summed E-state index contributed by atoms with van der Waals surface area (Å²) in [6.45, 7) is 1.48. The van der Waals surface area contributed by atoms with E-state index in [2.05, 4.69) is 5.32 Å². The fourth-order valence-electron chi connectivity index (χ4n) is 4.47. The van der Waals surface area contributed by atoms with E-state index in [1.54, 1.807) is 0 Å². The molecule has 162 valence electrons. The number of nitrogens with zero attached hydrogens (tertiary/aromatic N) is 2. The van der Waals surface area contributed by atoms with Crippen LogP contribution in [0.1, 0.15) is 24.0 Å². The quantitative estimate of drug-likeness (QED) is 0.573. The smallest absolute Gasteiger partial charge is 0.326 e. The van der Waals surface area contributed by atoms with Crippen LogP contribution in [0.25, 0.3) is 0 Å². The molecule has 0 unspecified atom stereocenters. The molecule has 0 spiro atoms.